The second-order valence-corrected chi connectivity index (χ2v) is 8.22. The van der Waals surface area contributed by atoms with Crippen LogP contribution in [0.2, 0.25) is 0 Å². The molecular formula is C14H19NO3S. The third kappa shape index (κ3) is 1.79. The molecule has 2 rings (SSSR count). The fourth-order valence-corrected chi connectivity index (χ4v) is 4.00. The molecule has 0 fully saturated rings. The molecule has 19 heavy (non-hydrogen) atoms. The van der Waals surface area contributed by atoms with Crippen LogP contribution in [-0.2, 0) is 14.6 Å². The molecule has 0 spiro atoms. The van der Waals surface area contributed by atoms with Gasteiger partial charge in [0, 0.05) is 6.04 Å². The molecule has 1 heterocycles. The van der Waals surface area contributed by atoms with Gasteiger partial charge >= 0.3 is 0 Å². The molecular weight excluding hydrogens is 262 g/mol. The van der Waals surface area contributed by atoms with E-state index in [1.54, 1.807) is 17.0 Å². The van der Waals surface area contributed by atoms with Crippen molar-refractivity contribution in [3.63, 3.8) is 0 Å². The summed E-state index contributed by atoms with van der Waals surface area (Å²) in [6.07, 6.45) is 0. The molecule has 1 aliphatic rings. The van der Waals surface area contributed by atoms with E-state index >= 15 is 0 Å². The third-order valence-corrected chi connectivity index (χ3v) is 6.01. The maximum Gasteiger partial charge on any atom is 0.248 e. The number of carbonyl (C=O) groups excluding carboxylic acids is 1. The average Bonchev–Trinajstić information content (AvgIpc) is 2.28. The van der Waals surface area contributed by atoms with Crippen molar-refractivity contribution in [2.75, 3.05) is 4.90 Å². The van der Waals surface area contributed by atoms with Gasteiger partial charge in [-0.25, -0.2) is 8.42 Å². The van der Waals surface area contributed by atoms with Crippen molar-refractivity contribution in [2.24, 2.45) is 0 Å². The number of benzene rings is 1. The molecule has 0 aromatic heterocycles. The van der Waals surface area contributed by atoms with E-state index in [4.69, 9.17) is 0 Å². The van der Waals surface area contributed by atoms with Crippen molar-refractivity contribution in [1.82, 2.24) is 0 Å². The summed E-state index contributed by atoms with van der Waals surface area (Å²) in [7, 11) is -3.65. The quantitative estimate of drug-likeness (QED) is 0.793. The first-order chi connectivity index (χ1) is 8.60. The molecule has 0 unspecified atom stereocenters. The van der Waals surface area contributed by atoms with E-state index in [0.29, 0.717) is 5.69 Å². The summed E-state index contributed by atoms with van der Waals surface area (Å²) >= 11 is 0. The van der Waals surface area contributed by atoms with Crippen molar-refractivity contribution < 1.29 is 13.2 Å². The number of anilines is 1. The second-order valence-electron chi connectivity index (χ2n) is 5.75. The van der Waals surface area contributed by atoms with Gasteiger partial charge in [0.05, 0.1) is 10.6 Å². The number of aryl methyl sites for hydroxylation is 1. The molecule has 1 amide bonds. The Kier molecular flexibility index (Phi) is 3.01. The molecule has 5 heteroatoms. The minimum atomic E-state index is -3.65. The summed E-state index contributed by atoms with van der Waals surface area (Å²) in [5.74, 6) is -0.362. The van der Waals surface area contributed by atoms with Crippen LogP contribution in [0.25, 0.3) is 0 Å². The predicted octanol–water partition coefficient (Wildman–Crippen LogP) is 2.30. The lowest BCUT2D eigenvalue weighted by Gasteiger charge is -2.40. The lowest BCUT2D eigenvalue weighted by molar-refractivity contribution is -0.120. The van der Waals surface area contributed by atoms with Crippen LogP contribution < -0.4 is 4.90 Å². The molecule has 1 aromatic rings. The fourth-order valence-electron chi connectivity index (χ4n) is 2.34. The zero-order valence-corrected chi connectivity index (χ0v) is 12.7. The maximum atomic E-state index is 12.6. The Morgan fingerprint density at radius 3 is 2.32 bits per heavy atom. The number of rotatable bonds is 1. The van der Waals surface area contributed by atoms with Crippen LogP contribution >= 0.6 is 0 Å². The summed E-state index contributed by atoms with van der Waals surface area (Å²) < 4.78 is 23.8. The fraction of sp³-hybridized carbons (Fsp3) is 0.500. The van der Waals surface area contributed by atoms with Gasteiger partial charge in [-0.05, 0) is 52.3 Å². The van der Waals surface area contributed by atoms with E-state index in [0.717, 1.165) is 5.56 Å². The van der Waals surface area contributed by atoms with Crippen molar-refractivity contribution in [3.8, 4) is 0 Å². The van der Waals surface area contributed by atoms with Crippen molar-refractivity contribution >= 4 is 21.4 Å². The number of nitrogens with zero attached hydrogens (tertiary/aromatic N) is 1. The molecule has 0 radical (unpaired) electrons. The monoisotopic (exact) mass is 281 g/mol. The molecule has 0 saturated heterocycles. The first kappa shape index (κ1) is 14.1. The van der Waals surface area contributed by atoms with Crippen LogP contribution in [0.15, 0.2) is 23.1 Å². The normalized spacial score (nSPS) is 20.5. The Labute approximate surface area is 114 Å². The smallest absolute Gasteiger partial charge is 0.248 e. The van der Waals surface area contributed by atoms with Gasteiger partial charge in [0.15, 0.2) is 9.84 Å². The van der Waals surface area contributed by atoms with Gasteiger partial charge in [0.1, 0.15) is 4.75 Å². The molecule has 4 nitrogen and oxygen atoms in total. The number of carbonyl (C=O) groups is 1. The van der Waals surface area contributed by atoms with Gasteiger partial charge in [-0.2, -0.15) is 0 Å². The Bertz CT molecular complexity index is 645. The summed E-state index contributed by atoms with van der Waals surface area (Å²) in [5.41, 5.74) is 1.36. The van der Waals surface area contributed by atoms with E-state index in [2.05, 4.69) is 0 Å². The number of fused-ring (bicyclic) bond motifs is 1. The van der Waals surface area contributed by atoms with Crippen LogP contribution in [-0.4, -0.2) is 25.1 Å². The lowest BCUT2D eigenvalue weighted by Crippen LogP contribution is -2.56. The SMILES string of the molecule is Cc1ccc2c(c1)S(=O)(=O)C(C)(C)C(=O)N2C(C)C. The van der Waals surface area contributed by atoms with Gasteiger partial charge in [0.25, 0.3) is 0 Å². The molecule has 1 aliphatic heterocycles. The summed E-state index contributed by atoms with van der Waals surface area (Å²) in [4.78, 5) is 14.3. The van der Waals surface area contributed by atoms with Crippen LogP contribution in [0.5, 0.6) is 0 Å². The van der Waals surface area contributed by atoms with E-state index < -0.39 is 14.6 Å². The van der Waals surface area contributed by atoms with Gasteiger partial charge in [-0.1, -0.05) is 6.07 Å². The first-order valence-corrected chi connectivity index (χ1v) is 7.78. The van der Waals surface area contributed by atoms with Gasteiger partial charge < -0.3 is 4.90 Å². The van der Waals surface area contributed by atoms with Crippen molar-refractivity contribution in [1.29, 1.82) is 0 Å². The average molecular weight is 281 g/mol. The number of hydrogen-bond donors (Lipinski definition) is 0. The highest BCUT2D eigenvalue weighted by Crippen LogP contribution is 2.41. The largest absolute Gasteiger partial charge is 0.307 e. The zero-order chi connectivity index (χ0) is 14.6. The molecule has 0 N–H and O–H groups in total. The van der Waals surface area contributed by atoms with E-state index in [1.165, 1.54) is 13.8 Å². The van der Waals surface area contributed by atoms with Gasteiger partial charge in [-0.15, -0.1) is 0 Å². The summed E-state index contributed by atoms with van der Waals surface area (Å²) in [5, 5.41) is 0. The van der Waals surface area contributed by atoms with E-state index in [1.807, 2.05) is 26.8 Å². The highest BCUT2D eigenvalue weighted by Gasteiger charge is 2.51. The predicted molar refractivity (Wildman–Crippen MR) is 75.1 cm³/mol. The van der Waals surface area contributed by atoms with Crippen LogP contribution in [0.3, 0.4) is 0 Å². The second kappa shape index (κ2) is 4.07. The zero-order valence-electron chi connectivity index (χ0n) is 11.9. The topological polar surface area (TPSA) is 54.5 Å². The summed E-state index contributed by atoms with van der Waals surface area (Å²) in [6.45, 7) is 8.57. The van der Waals surface area contributed by atoms with E-state index in [-0.39, 0.29) is 16.8 Å². The minimum Gasteiger partial charge on any atom is -0.307 e. The highest BCUT2D eigenvalue weighted by atomic mass is 32.2. The Morgan fingerprint density at radius 2 is 1.79 bits per heavy atom. The number of sulfone groups is 1. The van der Waals surface area contributed by atoms with Crippen molar-refractivity contribution in [3.05, 3.63) is 23.8 Å². The lowest BCUT2D eigenvalue weighted by atomic mass is 10.1. The molecule has 0 saturated carbocycles. The molecule has 0 atom stereocenters. The standard InChI is InChI=1S/C14H19NO3S/c1-9(2)15-11-7-6-10(3)8-12(11)19(17,18)14(4,5)13(15)16/h6-9H,1-5H3. The molecule has 0 aliphatic carbocycles. The Hall–Kier alpha value is -1.36. The molecule has 0 bridgehead atoms. The summed E-state index contributed by atoms with van der Waals surface area (Å²) in [6, 6.07) is 5.11. The van der Waals surface area contributed by atoms with Gasteiger partial charge in [0.2, 0.25) is 5.91 Å². The minimum absolute atomic E-state index is 0.0799. The van der Waals surface area contributed by atoms with E-state index in [9.17, 15) is 13.2 Å². The van der Waals surface area contributed by atoms with Crippen LogP contribution in [0, 0.1) is 6.92 Å². The van der Waals surface area contributed by atoms with Gasteiger partial charge in [-0.3, -0.25) is 4.79 Å². The van der Waals surface area contributed by atoms with Crippen LogP contribution in [0.4, 0.5) is 5.69 Å². The number of hydrogen-bond acceptors (Lipinski definition) is 3. The maximum absolute atomic E-state index is 12.6. The first-order valence-electron chi connectivity index (χ1n) is 6.29. The number of amides is 1. The Morgan fingerprint density at radius 1 is 1.21 bits per heavy atom. The molecule has 104 valence electrons. The Balaban J connectivity index is 2.85. The third-order valence-electron chi connectivity index (χ3n) is 3.59. The van der Waals surface area contributed by atoms with Crippen molar-refractivity contribution in [2.45, 2.75) is 50.3 Å². The highest BCUT2D eigenvalue weighted by molar-refractivity contribution is 7.94. The van der Waals surface area contributed by atoms with Crippen LogP contribution in [0.1, 0.15) is 33.3 Å². The molecule has 1 aromatic carbocycles.